The highest BCUT2D eigenvalue weighted by Crippen LogP contribution is 2.34. The standard InChI is InChI=1S/C24H29O5/c1-17-22(25)24(27-15-19-10-6-3-7-11-19)23(28-17)21-13-12-20(29-21)16-26-14-18-8-4-2-5-9-18/h2-11,17,20-25H,1,12-16H2/t17-,20+,21+,22+,23-,24-/m1/s1. The minimum Gasteiger partial charge on any atom is -0.388 e. The molecule has 2 heterocycles. The number of benzene rings is 2. The van der Waals surface area contributed by atoms with Gasteiger partial charge >= 0.3 is 0 Å². The summed E-state index contributed by atoms with van der Waals surface area (Å²) in [6.45, 7) is 5.46. The molecular formula is C24H29O5. The van der Waals surface area contributed by atoms with Gasteiger partial charge in [0.15, 0.2) is 0 Å². The third-order valence-corrected chi connectivity index (χ3v) is 5.58. The Labute approximate surface area is 172 Å². The minimum absolute atomic E-state index is 0.0306. The van der Waals surface area contributed by atoms with E-state index in [1.165, 1.54) is 0 Å². The van der Waals surface area contributed by atoms with Gasteiger partial charge in [0.25, 0.3) is 0 Å². The normalized spacial score (nSPS) is 31.9. The summed E-state index contributed by atoms with van der Waals surface area (Å²) in [5, 5.41) is 10.5. The molecule has 5 nitrogen and oxygen atoms in total. The second-order valence-electron chi connectivity index (χ2n) is 7.77. The first kappa shape index (κ1) is 20.5. The van der Waals surface area contributed by atoms with Gasteiger partial charge in [-0.05, 0) is 30.9 Å². The van der Waals surface area contributed by atoms with Crippen molar-refractivity contribution in [3.63, 3.8) is 0 Å². The molecule has 6 atom stereocenters. The zero-order valence-electron chi connectivity index (χ0n) is 16.6. The summed E-state index contributed by atoms with van der Waals surface area (Å²) in [4.78, 5) is 0. The Hall–Kier alpha value is -1.76. The Morgan fingerprint density at radius 3 is 2.24 bits per heavy atom. The Morgan fingerprint density at radius 2 is 1.55 bits per heavy atom. The molecule has 1 radical (unpaired) electrons. The predicted octanol–water partition coefficient (Wildman–Crippen LogP) is 3.30. The second-order valence-corrected chi connectivity index (χ2v) is 7.77. The SMILES string of the molecule is [CH2][C@H]1O[C@H]([C@@H]2CC[C@@H](COCc3ccccc3)O2)[C@H](OCc2ccccc2)[C@H]1O. The van der Waals surface area contributed by atoms with E-state index in [0.717, 1.165) is 24.0 Å². The second kappa shape index (κ2) is 9.83. The monoisotopic (exact) mass is 397 g/mol. The third kappa shape index (κ3) is 5.24. The van der Waals surface area contributed by atoms with E-state index in [9.17, 15) is 5.11 Å². The van der Waals surface area contributed by atoms with Gasteiger partial charge in [0, 0.05) is 0 Å². The van der Waals surface area contributed by atoms with Gasteiger partial charge in [-0.15, -0.1) is 0 Å². The third-order valence-electron chi connectivity index (χ3n) is 5.58. The van der Waals surface area contributed by atoms with Crippen LogP contribution in [-0.4, -0.2) is 48.3 Å². The lowest BCUT2D eigenvalue weighted by atomic mass is 10.0. The Balaban J connectivity index is 1.28. The molecule has 0 saturated carbocycles. The lowest BCUT2D eigenvalue weighted by Crippen LogP contribution is -2.41. The fourth-order valence-corrected chi connectivity index (χ4v) is 4.01. The largest absolute Gasteiger partial charge is 0.388 e. The molecule has 5 heteroatoms. The van der Waals surface area contributed by atoms with Crippen LogP contribution in [0.4, 0.5) is 0 Å². The maximum Gasteiger partial charge on any atom is 0.115 e. The number of aliphatic hydroxyl groups is 1. The first-order chi connectivity index (χ1) is 14.2. The topological polar surface area (TPSA) is 57.2 Å². The van der Waals surface area contributed by atoms with Crippen LogP contribution in [0.15, 0.2) is 60.7 Å². The first-order valence-electron chi connectivity index (χ1n) is 10.3. The first-order valence-corrected chi connectivity index (χ1v) is 10.3. The molecule has 29 heavy (non-hydrogen) atoms. The summed E-state index contributed by atoms with van der Waals surface area (Å²) in [6, 6.07) is 20.0. The summed E-state index contributed by atoms with van der Waals surface area (Å²) < 4.78 is 24.0. The molecule has 2 aliphatic rings. The molecule has 2 aromatic rings. The number of aliphatic hydroxyl groups excluding tert-OH is 1. The maximum absolute atomic E-state index is 10.5. The van der Waals surface area contributed by atoms with Crippen molar-refractivity contribution in [2.24, 2.45) is 0 Å². The summed E-state index contributed by atoms with van der Waals surface area (Å²) in [6.07, 6.45) is -0.386. The van der Waals surface area contributed by atoms with Crippen LogP contribution < -0.4 is 0 Å². The van der Waals surface area contributed by atoms with E-state index in [4.69, 9.17) is 18.9 Å². The maximum atomic E-state index is 10.5. The van der Waals surface area contributed by atoms with Crippen molar-refractivity contribution >= 4 is 0 Å². The van der Waals surface area contributed by atoms with Crippen molar-refractivity contribution in [1.29, 1.82) is 0 Å². The van der Waals surface area contributed by atoms with Crippen LogP contribution in [0, 0.1) is 6.92 Å². The van der Waals surface area contributed by atoms with Gasteiger partial charge in [0.05, 0.1) is 38.1 Å². The number of hydrogen-bond acceptors (Lipinski definition) is 5. The van der Waals surface area contributed by atoms with E-state index in [2.05, 4.69) is 19.1 Å². The molecule has 2 aromatic carbocycles. The Morgan fingerprint density at radius 1 is 0.897 bits per heavy atom. The van der Waals surface area contributed by atoms with E-state index in [-0.39, 0.29) is 18.3 Å². The molecule has 0 aliphatic carbocycles. The van der Waals surface area contributed by atoms with Crippen LogP contribution in [0.5, 0.6) is 0 Å². The van der Waals surface area contributed by atoms with Gasteiger partial charge in [-0.2, -0.15) is 0 Å². The number of hydrogen-bond donors (Lipinski definition) is 1. The summed E-state index contributed by atoms with van der Waals surface area (Å²) in [7, 11) is 0. The molecule has 2 fully saturated rings. The zero-order chi connectivity index (χ0) is 20.1. The average molecular weight is 397 g/mol. The van der Waals surface area contributed by atoms with Crippen molar-refractivity contribution in [3.05, 3.63) is 78.7 Å². The van der Waals surface area contributed by atoms with Gasteiger partial charge in [-0.25, -0.2) is 0 Å². The van der Waals surface area contributed by atoms with E-state index >= 15 is 0 Å². The highest BCUT2D eigenvalue weighted by atomic mass is 16.6. The summed E-state index contributed by atoms with van der Waals surface area (Å²) >= 11 is 0. The molecule has 0 aromatic heterocycles. The van der Waals surface area contributed by atoms with Crippen LogP contribution >= 0.6 is 0 Å². The fraction of sp³-hybridized carbons (Fsp3) is 0.458. The van der Waals surface area contributed by atoms with E-state index in [1.54, 1.807) is 0 Å². The van der Waals surface area contributed by atoms with Crippen molar-refractivity contribution in [3.8, 4) is 0 Å². The molecule has 1 N–H and O–H groups in total. The van der Waals surface area contributed by atoms with Crippen molar-refractivity contribution in [2.45, 2.75) is 62.7 Å². The van der Waals surface area contributed by atoms with Crippen molar-refractivity contribution in [2.75, 3.05) is 6.61 Å². The van der Waals surface area contributed by atoms with Gasteiger partial charge in [0.2, 0.25) is 0 Å². The molecule has 0 spiro atoms. The summed E-state index contributed by atoms with van der Waals surface area (Å²) in [5.41, 5.74) is 2.21. The number of ether oxygens (including phenoxy) is 4. The molecule has 2 aliphatic heterocycles. The van der Waals surface area contributed by atoms with Gasteiger partial charge < -0.3 is 24.1 Å². The molecule has 2 saturated heterocycles. The van der Waals surface area contributed by atoms with Gasteiger partial charge in [0.1, 0.15) is 18.3 Å². The van der Waals surface area contributed by atoms with Crippen LogP contribution in [0.3, 0.4) is 0 Å². The molecular weight excluding hydrogens is 368 g/mol. The lowest BCUT2D eigenvalue weighted by Gasteiger charge is -2.26. The Kier molecular flexibility index (Phi) is 6.95. The molecule has 0 bridgehead atoms. The van der Waals surface area contributed by atoms with E-state index in [1.807, 2.05) is 48.5 Å². The van der Waals surface area contributed by atoms with Gasteiger partial charge in [-0.1, -0.05) is 60.7 Å². The van der Waals surface area contributed by atoms with E-state index < -0.39 is 18.3 Å². The van der Waals surface area contributed by atoms with Crippen LogP contribution in [0.1, 0.15) is 24.0 Å². The highest BCUT2D eigenvalue weighted by Gasteiger charge is 2.48. The Bertz CT molecular complexity index is 737. The van der Waals surface area contributed by atoms with Crippen molar-refractivity contribution < 1.29 is 24.1 Å². The minimum atomic E-state index is -0.763. The quantitative estimate of drug-likeness (QED) is 0.741. The zero-order valence-corrected chi connectivity index (χ0v) is 16.6. The van der Waals surface area contributed by atoms with Crippen LogP contribution in [-0.2, 0) is 32.2 Å². The lowest BCUT2D eigenvalue weighted by molar-refractivity contribution is -0.115. The van der Waals surface area contributed by atoms with Crippen LogP contribution in [0.25, 0.3) is 0 Å². The highest BCUT2D eigenvalue weighted by molar-refractivity contribution is 5.14. The summed E-state index contributed by atoms with van der Waals surface area (Å²) in [5.74, 6) is 0. The molecule has 0 amide bonds. The van der Waals surface area contributed by atoms with Crippen molar-refractivity contribution in [1.82, 2.24) is 0 Å². The van der Waals surface area contributed by atoms with Crippen LogP contribution in [0.2, 0.25) is 0 Å². The fourth-order valence-electron chi connectivity index (χ4n) is 4.01. The molecule has 155 valence electrons. The smallest absolute Gasteiger partial charge is 0.115 e. The van der Waals surface area contributed by atoms with E-state index in [0.29, 0.717) is 19.8 Å². The number of rotatable bonds is 8. The average Bonchev–Trinajstić information content (AvgIpc) is 3.33. The predicted molar refractivity (Wildman–Crippen MR) is 109 cm³/mol. The molecule has 0 unspecified atom stereocenters. The van der Waals surface area contributed by atoms with Gasteiger partial charge in [-0.3, -0.25) is 0 Å². The molecule has 4 rings (SSSR count).